The quantitative estimate of drug-likeness (QED) is 0.876. The van der Waals surface area contributed by atoms with Crippen LogP contribution in [0.4, 0.5) is 10.1 Å². The number of hydrogen-bond acceptors (Lipinski definition) is 2. The smallest absolute Gasteiger partial charge is 0.123 e. The molecule has 0 saturated carbocycles. The Morgan fingerprint density at radius 2 is 2.00 bits per heavy atom. The molecular weight excluding hydrogens is 241 g/mol. The molecule has 0 aliphatic carbocycles. The third kappa shape index (κ3) is 3.47. The zero-order valence-corrected chi connectivity index (χ0v) is 12.1. The number of halogens is 1. The van der Waals surface area contributed by atoms with Gasteiger partial charge >= 0.3 is 0 Å². The van der Waals surface area contributed by atoms with Gasteiger partial charge in [0.25, 0.3) is 0 Å². The van der Waals surface area contributed by atoms with Crippen LogP contribution >= 0.6 is 0 Å². The van der Waals surface area contributed by atoms with Crippen LogP contribution in [0.15, 0.2) is 18.2 Å². The molecule has 0 amide bonds. The summed E-state index contributed by atoms with van der Waals surface area (Å²) >= 11 is 0. The van der Waals surface area contributed by atoms with Gasteiger partial charge < -0.3 is 10.0 Å². The molecule has 0 aromatic heterocycles. The standard InChI is InChI=1S/C16H24FNO/c1-12(19)14-11-13(17)5-6-15(14)18-9-4-7-16(2,3)8-10-18/h5-6,11-12,19H,4,7-10H2,1-3H3/t12-/m1/s1. The zero-order chi connectivity index (χ0) is 14.0. The molecule has 1 aromatic carbocycles. The van der Waals surface area contributed by atoms with Crippen LogP contribution in [0.25, 0.3) is 0 Å². The number of nitrogens with zero attached hydrogens (tertiary/aromatic N) is 1. The first-order chi connectivity index (χ1) is 8.89. The Bertz CT molecular complexity index is 442. The molecule has 1 aliphatic rings. The number of aliphatic hydroxyl groups is 1. The molecule has 3 heteroatoms. The Morgan fingerprint density at radius 1 is 1.26 bits per heavy atom. The summed E-state index contributed by atoms with van der Waals surface area (Å²) < 4.78 is 13.3. The molecule has 0 radical (unpaired) electrons. The van der Waals surface area contributed by atoms with Gasteiger partial charge in [-0.1, -0.05) is 13.8 Å². The van der Waals surface area contributed by atoms with E-state index in [2.05, 4.69) is 18.7 Å². The maximum absolute atomic E-state index is 13.3. The highest BCUT2D eigenvalue weighted by Gasteiger charge is 2.24. The molecule has 1 aliphatic heterocycles. The molecule has 1 fully saturated rings. The summed E-state index contributed by atoms with van der Waals surface area (Å²) in [5.41, 5.74) is 2.05. The minimum Gasteiger partial charge on any atom is -0.389 e. The Kier molecular flexibility index (Phi) is 4.14. The molecule has 1 N–H and O–H groups in total. The number of rotatable bonds is 2. The van der Waals surface area contributed by atoms with Crippen molar-refractivity contribution in [3.8, 4) is 0 Å². The SMILES string of the molecule is C[C@@H](O)c1cc(F)ccc1N1CCCC(C)(C)CC1. The van der Waals surface area contributed by atoms with E-state index in [4.69, 9.17) is 0 Å². The summed E-state index contributed by atoms with van der Waals surface area (Å²) in [4.78, 5) is 2.29. The predicted octanol–water partition coefficient (Wildman–Crippen LogP) is 3.90. The lowest BCUT2D eigenvalue weighted by Crippen LogP contribution is -2.26. The van der Waals surface area contributed by atoms with Gasteiger partial charge in [0.05, 0.1) is 6.10 Å². The maximum atomic E-state index is 13.3. The first kappa shape index (κ1) is 14.3. The molecule has 19 heavy (non-hydrogen) atoms. The molecule has 106 valence electrons. The van der Waals surface area contributed by atoms with Gasteiger partial charge in [-0.2, -0.15) is 0 Å². The zero-order valence-electron chi connectivity index (χ0n) is 12.1. The van der Waals surface area contributed by atoms with Crippen molar-refractivity contribution in [1.82, 2.24) is 0 Å². The van der Waals surface area contributed by atoms with Gasteiger partial charge in [-0.3, -0.25) is 0 Å². The van der Waals surface area contributed by atoms with Gasteiger partial charge in [-0.05, 0) is 49.8 Å². The van der Waals surface area contributed by atoms with E-state index in [-0.39, 0.29) is 5.82 Å². The average molecular weight is 265 g/mol. The van der Waals surface area contributed by atoms with Crippen molar-refractivity contribution in [3.63, 3.8) is 0 Å². The highest BCUT2D eigenvalue weighted by atomic mass is 19.1. The normalized spacial score (nSPS) is 21.0. The van der Waals surface area contributed by atoms with Gasteiger partial charge in [-0.15, -0.1) is 0 Å². The van der Waals surface area contributed by atoms with Crippen LogP contribution in [-0.2, 0) is 0 Å². The largest absolute Gasteiger partial charge is 0.389 e. The second-order valence-corrected chi connectivity index (χ2v) is 6.38. The molecule has 1 aromatic rings. The van der Waals surface area contributed by atoms with E-state index >= 15 is 0 Å². The van der Waals surface area contributed by atoms with Gasteiger partial charge in [0.2, 0.25) is 0 Å². The van der Waals surface area contributed by atoms with Gasteiger partial charge in [-0.25, -0.2) is 4.39 Å². The van der Waals surface area contributed by atoms with Crippen LogP contribution in [-0.4, -0.2) is 18.2 Å². The van der Waals surface area contributed by atoms with E-state index in [9.17, 15) is 9.50 Å². The van der Waals surface area contributed by atoms with Gasteiger partial charge in [0, 0.05) is 24.3 Å². The molecule has 0 unspecified atom stereocenters. The van der Waals surface area contributed by atoms with Gasteiger partial charge in [0.1, 0.15) is 5.82 Å². The van der Waals surface area contributed by atoms with Crippen molar-refractivity contribution in [2.24, 2.45) is 5.41 Å². The minimum atomic E-state index is -0.637. The molecular formula is C16H24FNO. The first-order valence-corrected chi connectivity index (χ1v) is 7.11. The topological polar surface area (TPSA) is 23.5 Å². The number of benzene rings is 1. The highest BCUT2D eigenvalue weighted by Crippen LogP contribution is 2.34. The van der Waals surface area contributed by atoms with Crippen molar-refractivity contribution < 1.29 is 9.50 Å². The van der Waals surface area contributed by atoms with Crippen LogP contribution in [0.2, 0.25) is 0 Å². The summed E-state index contributed by atoms with van der Waals surface area (Å²) in [5.74, 6) is -0.283. The van der Waals surface area contributed by atoms with E-state index in [0.29, 0.717) is 11.0 Å². The van der Waals surface area contributed by atoms with Gasteiger partial charge in [0.15, 0.2) is 0 Å². The summed E-state index contributed by atoms with van der Waals surface area (Å²) in [5, 5.41) is 9.84. The lowest BCUT2D eigenvalue weighted by Gasteiger charge is -2.27. The number of hydrogen-bond donors (Lipinski definition) is 1. The number of anilines is 1. The lowest BCUT2D eigenvalue weighted by molar-refractivity contribution is 0.199. The maximum Gasteiger partial charge on any atom is 0.123 e. The summed E-state index contributed by atoms with van der Waals surface area (Å²) in [6.45, 7) is 8.25. The van der Waals surface area contributed by atoms with Crippen molar-refractivity contribution in [2.45, 2.75) is 46.1 Å². The van der Waals surface area contributed by atoms with Crippen molar-refractivity contribution >= 4 is 5.69 Å². The third-order valence-electron chi connectivity index (χ3n) is 4.12. The Labute approximate surface area is 115 Å². The van der Waals surface area contributed by atoms with Crippen LogP contribution in [0, 0.1) is 11.2 Å². The second kappa shape index (κ2) is 5.49. The Balaban J connectivity index is 2.26. The fourth-order valence-corrected chi connectivity index (χ4v) is 2.81. The first-order valence-electron chi connectivity index (χ1n) is 7.11. The van der Waals surface area contributed by atoms with Crippen LogP contribution in [0.1, 0.15) is 51.7 Å². The summed E-state index contributed by atoms with van der Waals surface area (Å²) in [6, 6.07) is 4.74. The van der Waals surface area contributed by atoms with E-state index in [1.807, 2.05) is 0 Å². The highest BCUT2D eigenvalue weighted by molar-refractivity contribution is 5.55. The number of aliphatic hydroxyl groups excluding tert-OH is 1. The second-order valence-electron chi connectivity index (χ2n) is 6.38. The Hall–Kier alpha value is -1.09. The molecule has 1 atom stereocenters. The van der Waals surface area contributed by atoms with E-state index in [1.165, 1.54) is 18.6 Å². The molecule has 0 spiro atoms. The molecule has 1 heterocycles. The summed E-state index contributed by atoms with van der Waals surface area (Å²) in [6.07, 6.45) is 2.85. The van der Waals surface area contributed by atoms with Crippen LogP contribution < -0.4 is 4.90 Å². The van der Waals surface area contributed by atoms with E-state index < -0.39 is 6.10 Å². The molecule has 1 saturated heterocycles. The fraction of sp³-hybridized carbons (Fsp3) is 0.625. The monoisotopic (exact) mass is 265 g/mol. The molecule has 2 nitrogen and oxygen atoms in total. The van der Waals surface area contributed by atoms with Crippen LogP contribution in [0.5, 0.6) is 0 Å². The molecule has 0 bridgehead atoms. The lowest BCUT2D eigenvalue weighted by atomic mass is 9.85. The fourth-order valence-electron chi connectivity index (χ4n) is 2.81. The third-order valence-corrected chi connectivity index (χ3v) is 4.12. The molecule has 2 rings (SSSR count). The summed E-state index contributed by atoms with van der Waals surface area (Å²) in [7, 11) is 0. The minimum absolute atomic E-state index is 0.283. The van der Waals surface area contributed by atoms with Crippen molar-refractivity contribution in [1.29, 1.82) is 0 Å². The van der Waals surface area contributed by atoms with E-state index in [1.54, 1.807) is 13.0 Å². The van der Waals surface area contributed by atoms with E-state index in [0.717, 1.165) is 31.6 Å². The predicted molar refractivity (Wildman–Crippen MR) is 76.9 cm³/mol. The van der Waals surface area contributed by atoms with Crippen LogP contribution in [0.3, 0.4) is 0 Å². The van der Waals surface area contributed by atoms with Crippen molar-refractivity contribution in [2.75, 3.05) is 18.0 Å². The average Bonchev–Trinajstić information content (AvgIpc) is 2.50. The Morgan fingerprint density at radius 3 is 2.68 bits per heavy atom. The van der Waals surface area contributed by atoms with Crippen molar-refractivity contribution in [3.05, 3.63) is 29.6 Å².